The molecule has 0 spiro atoms. The molecule has 1 rings (SSSR count). The molecule has 3 N–H and O–H groups in total. The quantitative estimate of drug-likeness (QED) is 0.597. The lowest BCUT2D eigenvalue weighted by molar-refractivity contribution is 0.211. The van der Waals surface area contributed by atoms with Crippen molar-refractivity contribution < 1.29 is 4.74 Å². The van der Waals surface area contributed by atoms with Crippen molar-refractivity contribution in [1.29, 1.82) is 0 Å². The minimum atomic E-state index is 0.579. The highest BCUT2D eigenvalue weighted by atomic mass is 35.5. The first kappa shape index (κ1) is 11.1. The zero-order valence-corrected chi connectivity index (χ0v) is 9.19. The summed E-state index contributed by atoms with van der Waals surface area (Å²) in [6.45, 7) is 3.42. The topological polar surface area (TPSA) is 47.3 Å². The molecule has 0 saturated carbocycles. The van der Waals surface area contributed by atoms with Gasteiger partial charge in [0.1, 0.15) is 0 Å². The Balaban J connectivity index is 2.72. The van der Waals surface area contributed by atoms with E-state index >= 15 is 0 Å². The Hall–Kier alpha value is -0.930. The maximum Gasteiger partial charge on any atom is 0.0656 e. The van der Waals surface area contributed by atoms with Gasteiger partial charge in [0.15, 0.2) is 0 Å². The highest BCUT2D eigenvalue weighted by Crippen LogP contribution is 2.26. The van der Waals surface area contributed by atoms with Crippen molar-refractivity contribution in [2.24, 2.45) is 0 Å². The van der Waals surface area contributed by atoms with Crippen LogP contribution in [-0.4, -0.2) is 20.3 Å². The standard InChI is InChI=1S/C10H15ClN2O/c1-7-5-9(12)8(11)6-10(7)13-3-4-14-2/h5-6,13H,3-4,12H2,1-2H3. The number of aryl methyl sites for hydroxylation is 1. The fourth-order valence-electron chi connectivity index (χ4n) is 1.18. The third-order valence-corrected chi connectivity index (χ3v) is 2.29. The summed E-state index contributed by atoms with van der Waals surface area (Å²) in [7, 11) is 1.67. The van der Waals surface area contributed by atoms with E-state index in [1.165, 1.54) is 0 Å². The van der Waals surface area contributed by atoms with E-state index in [1.54, 1.807) is 7.11 Å². The second-order valence-corrected chi connectivity index (χ2v) is 3.52. The molecule has 4 heteroatoms. The van der Waals surface area contributed by atoms with E-state index in [1.807, 2.05) is 19.1 Å². The SMILES string of the molecule is COCCNc1cc(Cl)c(N)cc1C. The zero-order chi connectivity index (χ0) is 10.6. The Morgan fingerprint density at radius 2 is 2.21 bits per heavy atom. The predicted molar refractivity (Wildman–Crippen MR) is 61.0 cm³/mol. The first-order chi connectivity index (χ1) is 6.65. The van der Waals surface area contributed by atoms with Gasteiger partial charge in [0.2, 0.25) is 0 Å². The van der Waals surface area contributed by atoms with E-state index in [0.717, 1.165) is 17.8 Å². The molecule has 0 radical (unpaired) electrons. The summed E-state index contributed by atoms with van der Waals surface area (Å²) in [5, 5.41) is 3.80. The van der Waals surface area contributed by atoms with Gasteiger partial charge < -0.3 is 15.8 Å². The van der Waals surface area contributed by atoms with E-state index in [4.69, 9.17) is 22.1 Å². The molecule has 0 aliphatic rings. The van der Waals surface area contributed by atoms with Crippen LogP contribution in [0.1, 0.15) is 5.56 Å². The summed E-state index contributed by atoms with van der Waals surface area (Å²) in [5.41, 5.74) is 8.36. The van der Waals surface area contributed by atoms with Gasteiger partial charge >= 0.3 is 0 Å². The van der Waals surface area contributed by atoms with Gasteiger partial charge in [-0.15, -0.1) is 0 Å². The number of nitrogens with two attached hydrogens (primary N) is 1. The van der Waals surface area contributed by atoms with Crippen molar-refractivity contribution >= 4 is 23.0 Å². The average molecular weight is 215 g/mol. The van der Waals surface area contributed by atoms with Crippen LogP contribution in [0.2, 0.25) is 5.02 Å². The fourth-order valence-corrected chi connectivity index (χ4v) is 1.35. The number of nitrogens with one attached hydrogen (secondary N) is 1. The number of rotatable bonds is 4. The minimum Gasteiger partial charge on any atom is -0.398 e. The number of halogens is 1. The fraction of sp³-hybridized carbons (Fsp3) is 0.400. The monoisotopic (exact) mass is 214 g/mol. The van der Waals surface area contributed by atoms with Crippen LogP contribution in [0, 0.1) is 6.92 Å². The highest BCUT2D eigenvalue weighted by molar-refractivity contribution is 6.33. The van der Waals surface area contributed by atoms with Crippen LogP contribution in [-0.2, 0) is 4.74 Å². The first-order valence-corrected chi connectivity index (χ1v) is 4.81. The third kappa shape index (κ3) is 2.79. The molecule has 0 aromatic heterocycles. The second kappa shape index (κ2) is 5.08. The summed E-state index contributed by atoms with van der Waals surface area (Å²) in [4.78, 5) is 0. The van der Waals surface area contributed by atoms with Gasteiger partial charge in [0.25, 0.3) is 0 Å². The summed E-state index contributed by atoms with van der Waals surface area (Å²) in [5.74, 6) is 0. The molecule has 0 aliphatic heterocycles. The Labute approximate surface area is 89.2 Å². The molecule has 0 unspecified atom stereocenters. The lowest BCUT2D eigenvalue weighted by atomic mass is 10.2. The molecule has 0 saturated heterocycles. The van der Waals surface area contributed by atoms with Crippen molar-refractivity contribution in [1.82, 2.24) is 0 Å². The van der Waals surface area contributed by atoms with Crippen molar-refractivity contribution in [2.75, 3.05) is 31.3 Å². The number of benzene rings is 1. The highest BCUT2D eigenvalue weighted by Gasteiger charge is 2.02. The molecule has 1 aromatic carbocycles. The van der Waals surface area contributed by atoms with Crippen LogP contribution in [0.4, 0.5) is 11.4 Å². The van der Waals surface area contributed by atoms with Gasteiger partial charge in [-0.1, -0.05) is 11.6 Å². The first-order valence-electron chi connectivity index (χ1n) is 4.43. The number of nitrogen functional groups attached to an aromatic ring is 1. The van der Waals surface area contributed by atoms with E-state index in [9.17, 15) is 0 Å². The lowest BCUT2D eigenvalue weighted by Gasteiger charge is -2.10. The maximum absolute atomic E-state index is 5.90. The summed E-state index contributed by atoms with van der Waals surface area (Å²) in [6.07, 6.45) is 0. The van der Waals surface area contributed by atoms with Gasteiger partial charge in [-0.2, -0.15) is 0 Å². The molecule has 78 valence electrons. The Morgan fingerprint density at radius 1 is 1.50 bits per heavy atom. The lowest BCUT2D eigenvalue weighted by Crippen LogP contribution is -2.08. The molecule has 0 atom stereocenters. The molecule has 0 bridgehead atoms. The minimum absolute atomic E-state index is 0.579. The van der Waals surface area contributed by atoms with Crippen molar-refractivity contribution in [3.05, 3.63) is 22.7 Å². The molecule has 3 nitrogen and oxygen atoms in total. The maximum atomic E-state index is 5.90. The van der Waals surface area contributed by atoms with E-state index in [2.05, 4.69) is 5.32 Å². The molecule has 1 aromatic rings. The molecule has 0 fully saturated rings. The normalized spacial score (nSPS) is 10.2. The Kier molecular flexibility index (Phi) is 4.04. The number of methoxy groups -OCH3 is 1. The van der Waals surface area contributed by atoms with Crippen molar-refractivity contribution in [2.45, 2.75) is 6.92 Å². The largest absolute Gasteiger partial charge is 0.398 e. The van der Waals surface area contributed by atoms with Crippen molar-refractivity contribution in [3.63, 3.8) is 0 Å². The van der Waals surface area contributed by atoms with Gasteiger partial charge in [-0.3, -0.25) is 0 Å². The average Bonchev–Trinajstić information content (AvgIpc) is 2.14. The third-order valence-electron chi connectivity index (χ3n) is 1.97. The molecular formula is C10H15ClN2O. The summed E-state index contributed by atoms with van der Waals surface area (Å²) >= 11 is 5.90. The number of ether oxygens (including phenoxy) is 1. The van der Waals surface area contributed by atoms with Crippen LogP contribution in [0.25, 0.3) is 0 Å². The van der Waals surface area contributed by atoms with E-state index in [-0.39, 0.29) is 0 Å². The predicted octanol–water partition coefficient (Wildman–Crippen LogP) is 2.29. The van der Waals surface area contributed by atoms with Gasteiger partial charge in [-0.05, 0) is 24.6 Å². The van der Waals surface area contributed by atoms with Gasteiger partial charge in [0.05, 0.1) is 17.3 Å². The number of hydrogen-bond donors (Lipinski definition) is 2. The Bertz CT molecular complexity index is 315. The molecule has 0 aliphatic carbocycles. The zero-order valence-electron chi connectivity index (χ0n) is 8.43. The number of hydrogen-bond acceptors (Lipinski definition) is 3. The van der Waals surface area contributed by atoms with Crippen LogP contribution >= 0.6 is 11.6 Å². The van der Waals surface area contributed by atoms with Crippen molar-refractivity contribution in [3.8, 4) is 0 Å². The molecule has 0 heterocycles. The van der Waals surface area contributed by atoms with E-state index in [0.29, 0.717) is 17.3 Å². The van der Waals surface area contributed by atoms with E-state index < -0.39 is 0 Å². The Morgan fingerprint density at radius 3 is 2.86 bits per heavy atom. The molecule has 0 amide bonds. The summed E-state index contributed by atoms with van der Waals surface area (Å²) in [6, 6.07) is 3.69. The van der Waals surface area contributed by atoms with Crippen LogP contribution < -0.4 is 11.1 Å². The van der Waals surface area contributed by atoms with Crippen LogP contribution in [0.5, 0.6) is 0 Å². The molecular weight excluding hydrogens is 200 g/mol. The van der Waals surface area contributed by atoms with Gasteiger partial charge in [0, 0.05) is 19.3 Å². The van der Waals surface area contributed by atoms with Crippen LogP contribution in [0.3, 0.4) is 0 Å². The second-order valence-electron chi connectivity index (χ2n) is 3.11. The van der Waals surface area contributed by atoms with Gasteiger partial charge in [-0.25, -0.2) is 0 Å². The number of anilines is 2. The summed E-state index contributed by atoms with van der Waals surface area (Å²) < 4.78 is 4.94. The molecule has 14 heavy (non-hydrogen) atoms. The smallest absolute Gasteiger partial charge is 0.0656 e. The van der Waals surface area contributed by atoms with Crippen LogP contribution in [0.15, 0.2) is 12.1 Å².